The van der Waals surface area contributed by atoms with E-state index in [1.807, 2.05) is 0 Å². The molecule has 1 aliphatic heterocycles. The third kappa shape index (κ3) is 4.14. The van der Waals surface area contributed by atoms with E-state index in [2.05, 4.69) is 88.4 Å². The Morgan fingerprint density at radius 2 is 1.87 bits per heavy atom. The van der Waals surface area contributed by atoms with Gasteiger partial charge in [0.1, 0.15) is 0 Å². The van der Waals surface area contributed by atoms with Gasteiger partial charge in [0.25, 0.3) is 0 Å². The van der Waals surface area contributed by atoms with Gasteiger partial charge in [0.15, 0.2) is 0 Å². The highest BCUT2D eigenvalue weighted by Gasteiger charge is 2.22. The van der Waals surface area contributed by atoms with Gasteiger partial charge >= 0.3 is 0 Å². The highest BCUT2D eigenvalue weighted by molar-refractivity contribution is 9.10. The first-order valence-corrected chi connectivity index (χ1v) is 8.77. The third-order valence-electron chi connectivity index (χ3n) is 4.26. The molecule has 1 heterocycles. The van der Waals surface area contributed by atoms with Gasteiger partial charge in [-0.1, -0.05) is 46.3 Å². The van der Waals surface area contributed by atoms with Gasteiger partial charge in [0.05, 0.1) is 12.7 Å². The molecular weight excluding hydrogens is 352 g/mol. The summed E-state index contributed by atoms with van der Waals surface area (Å²) in [4.78, 5) is 4.67. The van der Waals surface area contributed by atoms with Crippen LogP contribution in [0, 0.1) is 0 Å². The topological polar surface area (TPSA) is 15.7 Å². The highest BCUT2D eigenvalue weighted by atomic mass is 79.9. The molecule has 3 nitrogen and oxygen atoms in total. The number of nitrogens with zero attached hydrogens (tertiary/aromatic N) is 2. The van der Waals surface area contributed by atoms with E-state index in [9.17, 15) is 0 Å². The Labute approximate surface area is 147 Å². The van der Waals surface area contributed by atoms with Crippen LogP contribution < -0.4 is 4.90 Å². The maximum absolute atomic E-state index is 5.98. The summed E-state index contributed by atoms with van der Waals surface area (Å²) in [5, 5.41) is 0. The summed E-state index contributed by atoms with van der Waals surface area (Å²) >= 11 is 3.49. The Kier molecular flexibility index (Phi) is 5.36. The molecule has 23 heavy (non-hydrogen) atoms. The lowest BCUT2D eigenvalue weighted by Crippen LogP contribution is -2.38. The second kappa shape index (κ2) is 7.47. The van der Waals surface area contributed by atoms with Crippen molar-refractivity contribution in [1.82, 2.24) is 4.90 Å². The molecule has 4 heteroatoms. The van der Waals surface area contributed by atoms with Gasteiger partial charge in [0, 0.05) is 43.9 Å². The number of halogens is 1. The molecule has 3 rings (SSSR count). The first-order chi connectivity index (χ1) is 11.1. The lowest BCUT2D eigenvalue weighted by molar-refractivity contribution is -0.0328. The van der Waals surface area contributed by atoms with E-state index < -0.39 is 0 Å². The van der Waals surface area contributed by atoms with Gasteiger partial charge in [-0.05, 0) is 29.3 Å². The second-order valence-electron chi connectivity index (χ2n) is 6.17. The summed E-state index contributed by atoms with van der Waals surface area (Å²) in [5.41, 5.74) is 3.91. The van der Waals surface area contributed by atoms with E-state index in [-0.39, 0.29) is 6.10 Å². The maximum Gasteiger partial charge on any atom is 0.0952 e. The molecule has 1 unspecified atom stereocenters. The van der Waals surface area contributed by atoms with Crippen molar-refractivity contribution in [2.45, 2.75) is 12.6 Å². The average Bonchev–Trinajstić information content (AvgIpc) is 2.56. The van der Waals surface area contributed by atoms with Crippen LogP contribution in [0.1, 0.15) is 17.2 Å². The zero-order valence-corrected chi connectivity index (χ0v) is 15.3. The molecule has 0 radical (unpaired) electrons. The van der Waals surface area contributed by atoms with Gasteiger partial charge in [-0.2, -0.15) is 0 Å². The molecule has 0 amide bonds. The van der Waals surface area contributed by atoms with Crippen LogP contribution in [0.5, 0.6) is 0 Å². The zero-order valence-electron chi connectivity index (χ0n) is 13.7. The minimum atomic E-state index is 0.156. The van der Waals surface area contributed by atoms with Crippen LogP contribution in [0.15, 0.2) is 53.0 Å². The summed E-state index contributed by atoms with van der Waals surface area (Å²) < 4.78 is 7.09. The Morgan fingerprint density at radius 3 is 2.61 bits per heavy atom. The molecule has 2 aromatic rings. The summed E-state index contributed by atoms with van der Waals surface area (Å²) in [6.07, 6.45) is 0.156. The monoisotopic (exact) mass is 374 g/mol. The number of para-hydroxylation sites is 1. The van der Waals surface area contributed by atoms with Crippen LogP contribution in [0.25, 0.3) is 0 Å². The van der Waals surface area contributed by atoms with E-state index in [0.717, 1.165) is 30.7 Å². The van der Waals surface area contributed by atoms with E-state index >= 15 is 0 Å². The first kappa shape index (κ1) is 16.5. The van der Waals surface area contributed by atoms with Gasteiger partial charge in [-0.25, -0.2) is 0 Å². The summed E-state index contributed by atoms with van der Waals surface area (Å²) in [5.74, 6) is 0. The molecule has 1 aliphatic rings. The van der Waals surface area contributed by atoms with E-state index in [1.165, 1.54) is 16.8 Å². The number of rotatable bonds is 4. The number of benzene rings is 2. The lowest BCUT2D eigenvalue weighted by Gasteiger charge is -2.34. The van der Waals surface area contributed by atoms with Gasteiger partial charge < -0.3 is 9.64 Å². The predicted molar refractivity (Wildman–Crippen MR) is 98.9 cm³/mol. The molecule has 122 valence electrons. The normalized spacial score (nSPS) is 18.8. The quantitative estimate of drug-likeness (QED) is 0.801. The molecular formula is C19H23BrN2O. The fraction of sp³-hybridized carbons (Fsp3) is 0.368. The molecule has 0 aliphatic carbocycles. The molecule has 1 fully saturated rings. The van der Waals surface area contributed by atoms with Gasteiger partial charge in [-0.15, -0.1) is 0 Å². The molecule has 0 N–H and O–H groups in total. The third-order valence-corrected chi connectivity index (χ3v) is 4.79. The smallest absolute Gasteiger partial charge is 0.0952 e. The molecule has 2 aromatic carbocycles. The summed E-state index contributed by atoms with van der Waals surface area (Å²) in [6, 6.07) is 17.1. The van der Waals surface area contributed by atoms with Crippen molar-refractivity contribution in [3.8, 4) is 0 Å². The maximum atomic E-state index is 5.98. The van der Waals surface area contributed by atoms with Crippen molar-refractivity contribution >= 4 is 21.6 Å². The van der Waals surface area contributed by atoms with Gasteiger partial charge in [-0.3, -0.25) is 4.90 Å². The molecule has 1 saturated heterocycles. The Morgan fingerprint density at radius 1 is 1.13 bits per heavy atom. The minimum absolute atomic E-state index is 0.156. The SMILES string of the molecule is CN(C)c1ccccc1CN1CCOC(c2ccc(Br)cc2)C1. The Bertz CT molecular complexity index is 642. The molecule has 0 aromatic heterocycles. The minimum Gasteiger partial charge on any atom is -0.377 e. The molecule has 0 spiro atoms. The van der Waals surface area contributed by atoms with Crippen LogP contribution in [0.3, 0.4) is 0 Å². The summed E-state index contributed by atoms with van der Waals surface area (Å²) in [6.45, 7) is 3.66. The fourth-order valence-corrected chi connectivity index (χ4v) is 3.31. The Balaban J connectivity index is 1.71. The Hall–Kier alpha value is -1.36. The highest BCUT2D eigenvalue weighted by Crippen LogP contribution is 2.26. The predicted octanol–water partition coefficient (Wildman–Crippen LogP) is 4.09. The molecule has 0 saturated carbocycles. The second-order valence-corrected chi connectivity index (χ2v) is 7.08. The number of hydrogen-bond acceptors (Lipinski definition) is 3. The zero-order chi connectivity index (χ0) is 16.2. The summed E-state index contributed by atoms with van der Waals surface area (Å²) in [7, 11) is 4.20. The number of ether oxygens (including phenoxy) is 1. The average molecular weight is 375 g/mol. The van der Waals surface area contributed by atoms with Gasteiger partial charge in [0.2, 0.25) is 0 Å². The molecule has 1 atom stereocenters. The van der Waals surface area contributed by atoms with Crippen LogP contribution in [-0.4, -0.2) is 38.7 Å². The van der Waals surface area contributed by atoms with E-state index in [4.69, 9.17) is 4.74 Å². The fourth-order valence-electron chi connectivity index (χ4n) is 3.05. The molecule has 0 bridgehead atoms. The largest absolute Gasteiger partial charge is 0.377 e. The van der Waals surface area contributed by atoms with Crippen LogP contribution in [0.2, 0.25) is 0 Å². The van der Waals surface area contributed by atoms with Crippen molar-refractivity contribution in [3.63, 3.8) is 0 Å². The number of morpholine rings is 1. The van der Waals surface area contributed by atoms with E-state index in [0.29, 0.717) is 0 Å². The van der Waals surface area contributed by atoms with Crippen LogP contribution in [0.4, 0.5) is 5.69 Å². The van der Waals surface area contributed by atoms with E-state index in [1.54, 1.807) is 0 Å². The number of anilines is 1. The van der Waals surface area contributed by atoms with Crippen molar-refractivity contribution in [3.05, 3.63) is 64.1 Å². The lowest BCUT2D eigenvalue weighted by atomic mass is 10.1. The van der Waals surface area contributed by atoms with Crippen LogP contribution >= 0.6 is 15.9 Å². The first-order valence-electron chi connectivity index (χ1n) is 7.98. The standard InChI is InChI=1S/C19H23BrN2O/c1-21(2)18-6-4-3-5-16(18)13-22-11-12-23-19(14-22)15-7-9-17(20)10-8-15/h3-10,19H,11-14H2,1-2H3. The van der Waals surface area contributed by atoms with Crippen molar-refractivity contribution < 1.29 is 4.74 Å². The van der Waals surface area contributed by atoms with Crippen molar-refractivity contribution in [1.29, 1.82) is 0 Å². The van der Waals surface area contributed by atoms with Crippen LogP contribution in [-0.2, 0) is 11.3 Å². The van der Waals surface area contributed by atoms with Crippen molar-refractivity contribution in [2.75, 3.05) is 38.7 Å². The van der Waals surface area contributed by atoms with Crippen molar-refractivity contribution in [2.24, 2.45) is 0 Å². The number of hydrogen-bond donors (Lipinski definition) is 0.